The molecule has 0 amide bonds. The summed E-state index contributed by atoms with van der Waals surface area (Å²) in [5, 5.41) is 0. The predicted molar refractivity (Wildman–Crippen MR) is 66.9 cm³/mol. The smallest absolute Gasteiger partial charge is 0.243 e. The molecule has 0 bridgehead atoms. The number of rotatable bonds is 4. The van der Waals surface area contributed by atoms with Gasteiger partial charge >= 0.3 is 0 Å². The van der Waals surface area contributed by atoms with Crippen LogP contribution in [0.1, 0.15) is 19.3 Å². The number of nitrogens with one attached hydrogen (secondary N) is 1. The maximum atomic E-state index is 13.5. The second-order valence-corrected chi connectivity index (χ2v) is 6.27. The first-order chi connectivity index (χ1) is 8.54. The molecule has 1 aliphatic carbocycles. The molecule has 0 saturated heterocycles. The van der Waals surface area contributed by atoms with Crippen LogP contribution in [0.4, 0.5) is 4.39 Å². The molecular weight excluding hydrogens is 255 g/mol. The van der Waals surface area contributed by atoms with Crippen LogP contribution in [0.3, 0.4) is 0 Å². The van der Waals surface area contributed by atoms with Crippen molar-refractivity contribution >= 4 is 10.0 Å². The topological polar surface area (TPSA) is 72.2 Å². The van der Waals surface area contributed by atoms with E-state index in [1.54, 1.807) is 0 Å². The van der Waals surface area contributed by atoms with E-state index in [9.17, 15) is 12.8 Å². The Morgan fingerprint density at radius 2 is 2.06 bits per heavy atom. The Bertz CT molecular complexity index is 519. The molecule has 0 radical (unpaired) electrons. The molecule has 1 saturated carbocycles. The minimum absolute atomic E-state index is 0.145. The van der Waals surface area contributed by atoms with E-state index in [1.807, 2.05) is 0 Å². The van der Waals surface area contributed by atoms with Crippen LogP contribution in [0.2, 0.25) is 0 Å². The van der Waals surface area contributed by atoms with E-state index in [2.05, 4.69) is 4.72 Å². The SMILES string of the molecule is NC[C@H]1CCC[C@@H]1NS(=O)(=O)c1ccccc1F. The summed E-state index contributed by atoms with van der Waals surface area (Å²) in [6.07, 6.45) is 2.63. The lowest BCUT2D eigenvalue weighted by atomic mass is 10.1. The van der Waals surface area contributed by atoms with Gasteiger partial charge < -0.3 is 5.73 Å². The van der Waals surface area contributed by atoms with E-state index in [1.165, 1.54) is 18.2 Å². The molecule has 0 unspecified atom stereocenters. The van der Waals surface area contributed by atoms with Crippen LogP contribution in [0.25, 0.3) is 0 Å². The van der Waals surface area contributed by atoms with E-state index < -0.39 is 15.8 Å². The minimum Gasteiger partial charge on any atom is -0.330 e. The van der Waals surface area contributed by atoms with Crippen molar-refractivity contribution in [2.75, 3.05) is 6.54 Å². The predicted octanol–water partition coefficient (Wildman–Crippen LogP) is 1.23. The molecule has 0 aromatic heterocycles. The van der Waals surface area contributed by atoms with Crippen LogP contribution in [0.5, 0.6) is 0 Å². The summed E-state index contributed by atoms with van der Waals surface area (Å²) in [4.78, 5) is -0.298. The molecule has 1 aromatic carbocycles. The number of sulfonamides is 1. The molecule has 0 heterocycles. The highest BCUT2D eigenvalue weighted by molar-refractivity contribution is 7.89. The fourth-order valence-electron chi connectivity index (χ4n) is 2.40. The zero-order valence-electron chi connectivity index (χ0n) is 9.97. The number of benzene rings is 1. The van der Waals surface area contributed by atoms with Crippen molar-refractivity contribution in [2.45, 2.75) is 30.2 Å². The normalized spacial score (nSPS) is 24.3. The quantitative estimate of drug-likeness (QED) is 0.866. The summed E-state index contributed by atoms with van der Waals surface area (Å²) < 4.78 is 40.2. The lowest BCUT2D eigenvalue weighted by Crippen LogP contribution is -2.40. The standard InChI is InChI=1S/C12H17FN2O2S/c13-10-5-1-2-7-12(10)18(16,17)15-11-6-3-4-9(11)8-14/h1-2,5,7,9,11,15H,3-4,6,8,14H2/t9-,11+/m1/s1. The van der Waals surface area contributed by atoms with Crippen molar-refractivity contribution in [1.82, 2.24) is 4.72 Å². The van der Waals surface area contributed by atoms with Gasteiger partial charge in [0, 0.05) is 6.04 Å². The Morgan fingerprint density at radius 3 is 2.72 bits per heavy atom. The maximum absolute atomic E-state index is 13.5. The van der Waals surface area contributed by atoms with Gasteiger partial charge in [0.15, 0.2) is 0 Å². The van der Waals surface area contributed by atoms with Gasteiger partial charge in [-0.1, -0.05) is 18.6 Å². The summed E-state index contributed by atoms with van der Waals surface area (Å²) in [5.41, 5.74) is 5.60. The van der Waals surface area contributed by atoms with Gasteiger partial charge in [-0.2, -0.15) is 0 Å². The van der Waals surface area contributed by atoms with E-state index in [4.69, 9.17) is 5.73 Å². The van der Waals surface area contributed by atoms with Gasteiger partial charge in [-0.15, -0.1) is 0 Å². The molecular formula is C12H17FN2O2S. The molecule has 3 N–H and O–H groups in total. The Hall–Kier alpha value is -0.980. The minimum atomic E-state index is -3.80. The molecule has 18 heavy (non-hydrogen) atoms. The van der Waals surface area contributed by atoms with Crippen molar-refractivity contribution in [3.63, 3.8) is 0 Å². The zero-order chi connectivity index (χ0) is 13.2. The fourth-order valence-corrected chi connectivity index (χ4v) is 3.82. The van der Waals surface area contributed by atoms with E-state index in [0.717, 1.165) is 25.3 Å². The summed E-state index contributed by atoms with van der Waals surface area (Å²) in [6, 6.07) is 5.20. The fraction of sp³-hybridized carbons (Fsp3) is 0.500. The maximum Gasteiger partial charge on any atom is 0.243 e. The summed E-state index contributed by atoms with van der Waals surface area (Å²) >= 11 is 0. The highest BCUT2D eigenvalue weighted by Crippen LogP contribution is 2.26. The molecule has 2 atom stereocenters. The number of nitrogens with two attached hydrogens (primary N) is 1. The molecule has 6 heteroatoms. The van der Waals surface area contributed by atoms with Crippen molar-refractivity contribution in [3.8, 4) is 0 Å². The van der Waals surface area contributed by atoms with Gasteiger partial charge in [-0.25, -0.2) is 17.5 Å². The first-order valence-electron chi connectivity index (χ1n) is 6.01. The monoisotopic (exact) mass is 272 g/mol. The molecule has 0 aliphatic heterocycles. The lowest BCUT2D eigenvalue weighted by molar-refractivity contribution is 0.451. The van der Waals surface area contributed by atoms with Crippen molar-refractivity contribution < 1.29 is 12.8 Å². The number of hydrogen-bond donors (Lipinski definition) is 2. The third-order valence-corrected chi connectivity index (χ3v) is 4.92. The van der Waals surface area contributed by atoms with Crippen molar-refractivity contribution in [2.24, 2.45) is 11.7 Å². The van der Waals surface area contributed by atoms with Gasteiger partial charge in [-0.05, 0) is 37.4 Å². The Balaban J connectivity index is 2.20. The van der Waals surface area contributed by atoms with Crippen molar-refractivity contribution in [3.05, 3.63) is 30.1 Å². The van der Waals surface area contributed by atoms with E-state index >= 15 is 0 Å². The third kappa shape index (κ3) is 2.71. The van der Waals surface area contributed by atoms with Crippen LogP contribution >= 0.6 is 0 Å². The van der Waals surface area contributed by atoms with Crippen LogP contribution < -0.4 is 10.5 Å². The molecule has 100 valence electrons. The van der Waals surface area contributed by atoms with Gasteiger partial charge in [-0.3, -0.25) is 0 Å². The van der Waals surface area contributed by atoms with Crippen molar-refractivity contribution in [1.29, 1.82) is 0 Å². The molecule has 4 nitrogen and oxygen atoms in total. The van der Waals surface area contributed by atoms with E-state index in [0.29, 0.717) is 6.54 Å². The average molecular weight is 272 g/mol. The average Bonchev–Trinajstić information content (AvgIpc) is 2.76. The van der Waals surface area contributed by atoms with Crippen LogP contribution in [0, 0.1) is 11.7 Å². The second kappa shape index (κ2) is 5.34. The summed E-state index contributed by atoms with van der Waals surface area (Å²) in [5.74, 6) is -0.584. The van der Waals surface area contributed by atoms with Gasteiger partial charge in [0.25, 0.3) is 0 Å². The largest absolute Gasteiger partial charge is 0.330 e. The molecule has 1 aromatic rings. The van der Waals surface area contributed by atoms with Crippen LogP contribution in [0.15, 0.2) is 29.2 Å². The zero-order valence-corrected chi connectivity index (χ0v) is 10.8. The molecule has 1 aliphatic rings. The van der Waals surface area contributed by atoms with Gasteiger partial charge in [0.05, 0.1) is 0 Å². The Kier molecular flexibility index (Phi) is 3.99. The van der Waals surface area contributed by atoms with E-state index in [-0.39, 0.29) is 16.9 Å². The molecule has 1 fully saturated rings. The highest BCUT2D eigenvalue weighted by Gasteiger charge is 2.31. The number of halogens is 1. The third-order valence-electron chi connectivity index (χ3n) is 3.39. The Labute approximate surface area is 106 Å². The Morgan fingerprint density at radius 1 is 1.33 bits per heavy atom. The highest BCUT2D eigenvalue weighted by atomic mass is 32.2. The van der Waals surface area contributed by atoms with Gasteiger partial charge in [0.2, 0.25) is 10.0 Å². The first kappa shape index (κ1) is 13.5. The van der Waals surface area contributed by atoms with Gasteiger partial charge in [0.1, 0.15) is 10.7 Å². The first-order valence-corrected chi connectivity index (χ1v) is 7.50. The molecule has 0 spiro atoms. The number of hydrogen-bond acceptors (Lipinski definition) is 3. The summed E-state index contributed by atoms with van der Waals surface area (Å²) in [6.45, 7) is 0.449. The molecule has 2 rings (SSSR count). The van der Waals surface area contributed by atoms with Crippen LogP contribution in [-0.4, -0.2) is 21.0 Å². The summed E-state index contributed by atoms with van der Waals surface area (Å²) in [7, 11) is -3.80. The second-order valence-electron chi connectivity index (χ2n) is 4.58. The lowest BCUT2D eigenvalue weighted by Gasteiger charge is -2.19. The van der Waals surface area contributed by atoms with Crippen LogP contribution in [-0.2, 0) is 10.0 Å².